The van der Waals surface area contributed by atoms with Crippen LogP contribution in [-0.2, 0) is 6.54 Å². The van der Waals surface area contributed by atoms with Gasteiger partial charge in [-0.25, -0.2) is 0 Å². The normalized spacial score (nSPS) is 10.8. The molecule has 0 fully saturated rings. The van der Waals surface area contributed by atoms with E-state index in [-0.39, 0.29) is 12.4 Å². The van der Waals surface area contributed by atoms with Crippen LogP contribution in [0.15, 0.2) is 18.2 Å². The highest BCUT2D eigenvalue weighted by molar-refractivity contribution is 5.53. The third-order valence-corrected chi connectivity index (χ3v) is 2.03. The van der Waals surface area contributed by atoms with Crippen molar-refractivity contribution in [2.24, 2.45) is 0 Å². The van der Waals surface area contributed by atoms with Gasteiger partial charge in [0.25, 0.3) is 0 Å². The van der Waals surface area contributed by atoms with Gasteiger partial charge in [-0.1, -0.05) is 6.07 Å². The Kier molecular flexibility index (Phi) is 3.73. The van der Waals surface area contributed by atoms with E-state index in [1.54, 1.807) is 12.1 Å². The first kappa shape index (κ1) is 10.8. The van der Waals surface area contributed by atoms with Crippen molar-refractivity contribution in [3.8, 4) is 5.75 Å². The van der Waals surface area contributed by atoms with E-state index < -0.39 is 0 Å². The molecule has 1 rings (SSSR count). The highest BCUT2D eigenvalue weighted by Gasteiger charge is 2.02. The summed E-state index contributed by atoms with van der Waals surface area (Å²) >= 11 is 0. The first-order valence-electron chi connectivity index (χ1n) is 4.50. The molecule has 4 heteroatoms. The van der Waals surface area contributed by atoms with Crippen LogP contribution >= 0.6 is 0 Å². The lowest BCUT2D eigenvalue weighted by molar-refractivity contribution is 0.217. The van der Waals surface area contributed by atoms with Crippen molar-refractivity contribution in [3.63, 3.8) is 0 Å². The Morgan fingerprint density at radius 3 is 2.71 bits per heavy atom. The zero-order chi connectivity index (χ0) is 10.6. The zero-order valence-electron chi connectivity index (χ0n) is 8.27. The number of nitrogen functional groups attached to an aromatic ring is 1. The van der Waals surface area contributed by atoms with Crippen molar-refractivity contribution in [1.29, 1.82) is 0 Å². The number of hydrogen-bond donors (Lipinski definition) is 3. The van der Waals surface area contributed by atoms with Gasteiger partial charge < -0.3 is 15.9 Å². The van der Waals surface area contributed by atoms with Crippen LogP contribution in [0.3, 0.4) is 0 Å². The molecule has 0 amide bonds. The molecule has 4 N–H and O–H groups in total. The Hall–Kier alpha value is -1.26. The molecule has 0 heterocycles. The van der Waals surface area contributed by atoms with E-state index >= 15 is 0 Å². The molecule has 0 aliphatic carbocycles. The van der Waals surface area contributed by atoms with Crippen molar-refractivity contribution in [3.05, 3.63) is 23.8 Å². The van der Waals surface area contributed by atoms with Gasteiger partial charge in [0.15, 0.2) is 0 Å². The minimum atomic E-state index is 0.110. The van der Waals surface area contributed by atoms with Gasteiger partial charge in [-0.3, -0.25) is 4.90 Å². The monoisotopic (exact) mass is 196 g/mol. The molecule has 0 saturated carbocycles. The van der Waals surface area contributed by atoms with Crippen molar-refractivity contribution >= 4 is 5.69 Å². The Morgan fingerprint density at radius 2 is 2.14 bits per heavy atom. The molecule has 0 saturated heterocycles. The lowest BCUT2D eigenvalue weighted by Gasteiger charge is -2.15. The Labute approximate surface area is 83.6 Å². The number of anilines is 1. The zero-order valence-corrected chi connectivity index (χ0v) is 8.27. The predicted octanol–water partition coefficient (Wildman–Crippen LogP) is 0.398. The summed E-state index contributed by atoms with van der Waals surface area (Å²) < 4.78 is 0. The molecular weight excluding hydrogens is 180 g/mol. The van der Waals surface area contributed by atoms with Crippen LogP contribution in [0.4, 0.5) is 5.69 Å². The average molecular weight is 196 g/mol. The Balaban J connectivity index is 2.63. The van der Waals surface area contributed by atoms with Gasteiger partial charge in [-0.05, 0) is 24.7 Å². The summed E-state index contributed by atoms with van der Waals surface area (Å²) in [6.07, 6.45) is 0. The van der Waals surface area contributed by atoms with E-state index in [2.05, 4.69) is 0 Å². The van der Waals surface area contributed by atoms with E-state index in [1.165, 1.54) is 0 Å². The molecule has 0 spiro atoms. The molecule has 0 bridgehead atoms. The van der Waals surface area contributed by atoms with Crippen LogP contribution in [0.25, 0.3) is 0 Å². The Bertz CT molecular complexity index is 302. The van der Waals surface area contributed by atoms with Gasteiger partial charge in [0.2, 0.25) is 0 Å². The lowest BCUT2D eigenvalue weighted by Crippen LogP contribution is -2.21. The molecule has 0 aliphatic heterocycles. The highest BCUT2D eigenvalue weighted by Crippen LogP contribution is 2.20. The third-order valence-electron chi connectivity index (χ3n) is 2.03. The molecule has 14 heavy (non-hydrogen) atoms. The third kappa shape index (κ3) is 2.90. The maximum Gasteiger partial charge on any atom is 0.138 e. The maximum absolute atomic E-state index is 9.20. The first-order chi connectivity index (χ1) is 6.63. The average Bonchev–Trinajstić information content (AvgIpc) is 2.12. The summed E-state index contributed by atoms with van der Waals surface area (Å²) in [4.78, 5) is 1.98. The summed E-state index contributed by atoms with van der Waals surface area (Å²) in [5.41, 5.74) is 6.97. The quantitative estimate of drug-likeness (QED) is 0.481. The number of aliphatic hydroxyl groups is 1. The van der Waals surface area contributed by atoms with Gasteiger partial charge in [-0.15, -0.1) is 0 Å². The molecule has 0 aliphatic rings. The Morgan fingerprint density at radius 1 is 1.43 bits per heavy atom. The first-order valence-corrected chi connectivity index (χ1v) is 4.50. The van der Waals surface area contributed by atoms with Crippen LogP contribution in [-0.4, -0.2) is 35.3 Å². The second-order valence-electron chi connectivity index (χ2n) is 3.35. The topological polar surface area (TPSA) is 69.7 Å². The standard InChI is InChI=1S/C10H16N2O2/c1-12(4-5-13)7-8-2-3-10(14)9(11)6-8/h2-3,6,13-14H,4-5,7,11H2,1H3. The number of phenolic OH excluding ortho intramolecular Hbond substituents is 1. The van der Waals surface area contributed by atoms with Crippen LogP contribution in [0.2, 0.25) is 0 Å². The van der Waals surface area contributed by atoms with E-state index in [0.717, 1.165) is 5.56 Å². The van der Waals surface area contributed by atoms with Crippen molar-refractivity contribution in [2.75, 3.05) is 25.9 Å². The molecular formula is C10H16N2O2. The molecule has 4 nitrogen and oxygen atoms in total. The maximum atomic E-state index is 9.20. The number of likely N-dealkylation sites (N-methyl/N-ethyl adjacent to an activating group) is 1. The van der Waals surface area contributed by atoms with Gasteiger partial charge >= 0.3 is 0 Å². The summed E-state index contributed by atoms with van der Waals surface area (Å²) in [7, 11) is 1.92. The number of rotatable bonds is 4. The largest absolute Gasteiger partial charge is 0.506 e. The smallest absolute Gasteiger partial charge is 0.138 e. The van der Waals surface area contributed by atoms with Crippen LogP contribution in [0, 0.1) is 0 Å². The summed E-state index contributed by atoms with van der Waals surface area (Å²) in [5, 5.41) is 17.9. The second-order valence-corrected chi connectivity index (χ2v) is 3.35. The number of hydrogen-bond acceptors (Lipinski definition) is 4. The molecule has 0 aromatic heterocycles. The molecule has 0 unspecified atom stereocenters. The highest BCUT2D eigenvalue weighted by atomic mass is 16.3. The predicted molar refractivity (Wildman–Crippen MR) is 55.9 cm³/mol. The second kappa shape index (κ2) is 4.83. The minimum absolute atomic E-state index is 0.110. The van der Waals surface area contributed by atoms with Gasteiger partial charge in [-0.2, -0.15) is 0 Å². The number of nitrogens with zero attached hydrogens (tertiary/aromatic N) is 1. The van der Waals surface area contributed by atoms with Crippen LogP contribution in [0.5, 0.6) is 5.75 Å². The number of aliphatic hydroxyl groups excluding tert-OH is 1. The molecule has 1 aromatic rings. The van der Waals surface area contributed by atoms with Crippen molar-refractivity contribution < 1.29 is 10.2 Å². The van der Waals surface area contributed by atoms with Gasteiger partial charge in [0.1, 0.15) is 5.75 Å². The number of nitrogens with two attached hydrogens (primary N) is 1. The van der Waals surface area contributed by atoms with E-state index in [4.69, 9.17) is 10.8 Å². The fraction of sp³-hybridized carbons (Fsp3) is 0.400. The van der Waals surface area contributed by atoms with E-state index in [0.29, 0.717) is 18.8 Å². The van der Waals surface area contributed by atoms with Gasteiger partial charge in [0.05, 0.1) is 12.3 Å². The van der Waals surface area contributed by atoms with E-state index in [9.17, 15) is 5.11 Å². The van der Waals surface area contributed by atoms with Crippen LogP contribution in [0.1, 0.15) is 5.56 Å². The van der Waals surface area contributed by atoms with Crippen LogP contribution < -0.4 is 5.73 Å². The summed E-state index contributed by atoms with van der Waals surface area (Å²) in [5.74, 6) is 0.110. The van der Waals surface area contributed by atoms with Gasteiger partial charge in [0, 0.05) is 13.1 Å². The van der Waals surface area contributed by atoms with E-state index in [1.807, 2.05) is 18.0 Å². The number of phenols is 1. The molecule has 78 valence electrons. The summed E-state index contributed by atoms with van der Waals surface area (Å²) in [6.45, 7) is 1.48. The minimum Gasteiger partial charge on any atom is -0.506 e. The molecule has 1 aromatic carbocycles. The van der Waals surface area contributed by atoms with Crippen molar-refractivity contribution in [2.45, 2.75) is 6.54 Å². The van der Waals surface area contributed by atoms with Crippen molar-refractivity contribution in [1.82, 2.24) is 4.90 Å². The lowest BCUT2D eigenvalue weighted by atomic mass is 10.2. The SMILES string of the molecule is CN(CCO)Cc1ccc(O)c(N)c1. The molecule has 0 radical (unpaired) electrons. The number of aromatic hydroxyl groups is 1. The fourth-order valence-electron chi connectivity index (χ4n) is 1.26. The summed E-state index contributed by atoms with van der Waals surface area (Å²) in [6, 6.07) is 5.14. The molecule has 0 atom stereocenters. The number of benzene rings is 1. The fourth-order valence-corrected chi connectivity index (χ4v) is 1.26.